The van der Waals surface area contributed by atoms with Crippen LogP contribution in [0.5, 0.6) is 0 Å². The zero-order valence-corrected chi connectivity index (χ0v) is 17.3. The number of aliphatic hydroxyl groups is 2. The van der Waals surface area contributed by atoms with E-state index in [0.717, 1.165) is 0 Å². The fourth-order valence-electron chi connectivity index (χ4n) is 2.52. The summed E-state index contributed by atoms with van der Waals surface area (Å²) in [5.74, 6) is -3.52. The summed E-state index contributed by atoms with van der Waals surface area (Å²) >= 11 is 0. The number of aliphatic hydroxyl groups excluding tert-OH is 2. The average Bonchev–Trinajstić information content (AvgIpc) is 2.61. The van der Waals surface area contributed by atoms with E-state index in [1.165, 1.54) is 0 Å². The van der Waals surface area contributed by atoms with Gasteiger partial charge in [-0.2, -0.15) is 0 Å². The Morgan fingerprint density at radius 1 is 0.724 bits per heavy atom. The maximum Gasteiger partial charge on any atom is 0.328 e. The zero-order valence-electron chi connectivity index (χ0n) is 17.3. The summed E-state index contributed by atoms with van der Waals surface area (Å²) in [5.41, 5.74) is 5.77. The van der Waals surface area contributed by atoms with Crippen molar-refractivity contribution in [1.82, 2.24) is 16.0 Å². The van der Waals surface area contributed by atoms with Gasteiger partial charge in [-0.3, -0.25) is 14.4 Å². The van der Waals surface area contributed by atoms with Crippen molar-refractivity contribution >= 4 is 23.7 Å². The molecule has 0 aliphatic heterocycles. The van der Waals surface area contributed by atoms with Gasteiger partial charge in [0, 0.05) is 0 Å². The largest absolute Gasteiger partial charge is 0.480 e. The summed E-state index contributed by atoms with van der Waals surface area (Å²) in [7, 11) is 0. The first kappa shape index (κ1) is 26.8. The van der Waals surface area contributed by atoms with Gasteiger partial charge >= 0.3 is 5.97 Å². The van der Waals surface area contributed by atoms with E-state index in [1.807, 2.05) is 13.8 Å². The number of hydrogen-bond donors (Lipinski definition) is 7. The Balaban J connectivity index is 5.15. The van der Waals surface area contributed by atoms with E-state index in [-0.39, 0.29) is 18.3 Å². The number of hydrogen-bond acceptors (Lipinski definition) is 7. The molecule has 4 atom stereocenters. The second kappa shape index (κ2) is 13.1. The minimum Gasteiger partial charge on any atom is -0.480 e. The summed E-state index contributed by atoms with van der Waals surface area (Å²) in [6.07, 6.45) is 0.565. The van der Waals surface area contributed by atoms with Crippen LogP contribution in [0.15, 0.2) is 0 Å². The van der Waals surface area contributed by atoms with Crippen LogP contribution >= 0.6 is 0 Å². The molecular weight excluding hydrogens is 384 g/mol. The van der Waals surface area contributed by atoms with Crippen LogP contribution in [0.2, 0.25) is 0 Å². The van der Waals surface area contributed by atoms with Gasteiger partial charge in [0.15, 0.2) is 0 Å². The molecule has 0 radical (unpaired) electrons. The third-order valence-electron chi connectivity index (χ3n) is 4.01. The lowest BCUT2D eigenvalue weighted by molar-refractivity contribution is -0.143. The van der Waals surface area contributed by atoms with Crippen molar-refractivity contribution in [2.45, 2.75) is 64.7 Å². The second-order valence-electron chi connectivity index (χ2n) is 7.75. The molecule has 0 rings (SSSR count). The maximum atomic E-state index is 12.5. The number of carbonyl (C=O) groups is 4. The molecule has 11 heteroatoms. The van der Waals surface area contributed by atoms with Crippen LogP contribution in [-0.4, -0.2) is 76.4 Å². The van der Waals surface area contributed by atoms with Crippen LogP contribution in [-0.2, 0) is 19.2 Å². The van der Waals surface area contributed by atoms with Crippen LogP contribution in [0, 0.1) is 11.8 Å². The summed E-state index contributed by atoms with van der Waals surface area (Å²) < 4.78 is 0. The van der Waals surface area contributed by atoms with Crippen molar-refractivity contribution < 1.29 is 34.5 Å². The number of carbonyl (C=O) groups excluding carboxylic acids is 3. The Bertz CT molecular complexity index is 568. The van der Waals surface area contributed by atoms with E-state index in [0.29, 0.717) is 6.42 Å². The topological polar surface area (TPSA) is 191 Å². The van der Waals surface area contributed by atoms with E-state index in [9.17, 15) is 24.3 Å². The highest BCUT2D eigenvalue weighted by Crippen LogP contribution is 2.07. The van der Waals surface area contributed by atoms with Crippen molar-refractivity contribution in [3.63, 3.8) is 0 Å². The molecule has 0 aliphatic carbocycles. The normalized spacial score (nSPS) is 15.3. The summed E-state index contributed by atoms with van der Waals surface area (Å²) in [6, 6.07) is -4.81. The van der Waals surface area contributed by atoms with Crippen molar-refractivity contribution in [3.05, 3.63) is 0 Å². The summed E-state index contributed by atoms with van der Waals surface area (Å²) in [4.78, 5) is 48.0. The third-order valence-corrected chi connectivity index (χ3v) is 4.01. The molecule has 0 saturated heterocycles. The van der Waals surface area contributed by atoms with Gasteiger partial charge in [-0.1, -0.05) is 27.7 Å². The highest BCUT2D eigenvalue weighted by molar-refractivity contribution is 5.94. The van der Waals surface area contributed by atoms with Crippen molar-refractivity contribution in [1.29, 1.82) is 0 Å². The number of rotatable bonds is 13. The predicted octanol–water partition coefficient (Wildman–Crippen LogP) is -2.07. The van der Waals surface area contributed by atoms with Crippen molar-refractivity contribution in [2.75, 3.05) is 13.2 Å². The predicted molar refractivity (Wildman–Crippen MR) is 104 cm³/mol. The molecule has 0 aromatic carbocycles. The van der Waals surface area contributed by atoms with Crippen LogP contribution in [0.25, 0.3) is 0 Å². The van der Waals surface area contributed by atoms with E-state index < -0.39 is 61.1 Å². The van der Waals surface area contributed by atoms with Gasteiger partial charge in [-0.15, -0.1) is 0 Å². The number of aliphatic carboxylic acids is 1. The molecular formula is C18H34N4O7. The Kier molecular flexibility index (Phi) is 12.1. The van der Waals surface area contributed by atoms with Crippen molar-refractivity contribution in [3.8, 4) is 0 Å². The molecule has 0 heterocycles. The molecule has 0 spiro atoms. The molecule has 11 nitrogen and oxygen atoms in total. The fraction of sp³-hybridized carbons (Fsp3) is 0.778. The van der Waals surface area contributed by atoms with Gasteiger partial charge in [-0.25, -0.2) is 4.79 Å². The minimum absolute atomic E-state index is 0.0370. The van der Waals surface area contributed by atoms with Gasteiger partial charge in [0.1, 0.15) is 18.1 Å². The molecule has 0 bridgehead atoms. The van der Waals surface area contributed by atoms with Crippen LogP contribution in [0.4, 0.5) is 0 Å². The Labute approximate surface area is 170 Å². The quantitative estimate of drug-likeness (QED) is 0.177. The molecule has 8 N–H and O–H groups in total. The minimum atomic E-state index is -1.52. The molecule has 0 aromatic heterocycles. The first-order valence-electron chi connectivity index (χ1n) is 9.54. The molecule has 0 fully saturated rings. The lowest BCUT2D eigenvalue weighted by Gasteiger charge is -2.25. The molecule has 0 aromatic rings. The Morgan fingerprint density at radius 3 is 1.55 bits per heavy atom. The lowest BCUT2D eigenvalue weighted by Crippen LogP contribution is -2.58. The second-order valence-corrected chi connectivity index (χ2v) is 7.75. The fourth-order valence-corrected chi connectivity index (χ4v) is 2.52. The highest BCUT2D eigenvalue weighted by Gasteiger charge is 2.30. The van der Waals surface area contributed by atoms with E-state index in [4.69, 9.17) is 15.9 Å². The van der Waals surface area contributed by atoms with Crippen LogP contribution in [0.1, 0.15) is 40.5 Å². The average molecular weight is 418 g/mol. The first-order chi connectivity index (χ1) is 13.4. The molecule has 0 aliphatic rings. The van der Waals surface area contributed by atoms with E-state index in [1.54, 1.807) is 13.8 Å². The zero-order chi connectivity index (χ0) is 22.7. The Morgan fingerprint density at radius 2 is 1.14 bits per heavy atom. The van der Waals surface area contributed by atoms with Gasteiger partial charge in [0.05, 0.1) is 19.3 Å². The molecule has 0 saturated carbocycles. The van der Waals surface area contributed by atoms with Gasteiger partial charge in [0.25, 0.3) is 0 Å². The molecule has 0 unspecified atom stereocenters. The van der Waals surface area contributed by atoms with Gasteiger partial charge in [-0.05, 0) is 24.7 Å². The molecule has 168 valence electrons. The van der Waals surface area contributed by atoms with Crippen LogP contribution in [0.3, 0.4) is 0 Å². The van der Waals surface area contributed by atoms with Crippen molar-refractivity contribution in [2.24, 2.45) is 17.6 Å². The first-order valence-corrected chi connectivity index (χ1v) is 9.54. The van der Waals surface area contributed by atoms with Gasteiger partial charge in [0.2, 0.25) is 17.7 Å². The number of carboxylic acids is 1. The van der Waals surface area contributed by atoms with Crippen LogP contribution < -0.4 is 21.7 Å². The number of carboxylic acid groups (broad SMARTS) is 1. The van der Waals surface area contributed by atoms with E-state index in [2.05, 4.69) is 16.0 Å². The smallest absolute Gasteiger partial charge is 0.328 e. The number of nitrogens with two attached hydrogens (primary N) is 1. The molecule has 3 amide bonds. The Hall–Kier alpha value is -2.24. The summed E-state index contributed by atoms with van der Waals surface area (Å²) in [5, 5.41) is 34.4. The number of nitrogens with one attached hydrogen (secondary N) is 3. The monoisotopic (exact) mass is 418 g/mol. The summed E-state index contributed by atoms with van der Waals surface area (Å²) in [6.45, 7) is 5.83. The SMILES string of the molecule is CC(C)C[C@H](NC(=O)[C@H](CO)NC(=O)[C@@H](N)CC(C)C)C(=O)N[C@@H](CO)C(=O)O. The van der Waals surface area contributed by atoms with E-state index >= 15 is 0 Å². The maximum absolute atomic E-state index is 12.5. The van der Waals surface area contributed by atoms with Gasteiger partial charge < -0.3 is 37.0 Å². The highest BCUT2D eigenvalue weighted by atomic mass is 16.4. The molecule has 29 heavy (non-hydrogen) atoms. The third kappa shape index (κ3) is 10.2. The standard InChI is InChI=1S/C18H34N4O7/c1-9(2)5-11(19)15(25)21-13(7-23)17(27)20-12(6-10(3)4)16(26)22-14(8-24)18(28)29/h9-14,23-24H,5-8,19H2,1-4H3,(H,20,27)(H,21,25)(H,22,26)(H,28,29)/t11-,12-,13-,14-/m0/s1. The number of amides is 3. The lowest BCUT2D eigenvalue weighted by atomic mass is 10.0.